The molecule has 1 aliphatic heterocycles. The molecule has 0 radical (unpaired) electrons. The molecular formula is C14H15F3N4O2. The monoisotopic (exact) mass is 328 g/mol. The number of rotatable bonds is 2. The Kier molecular flexibility index (Phi) is 3.78. The molecule has 1 aromatic carbocycles. The molecule has 0 atom stereocenters. The van der Waals surface area contributed by atoms with E-state index >= 15 is 0 Å². The van der Waals surface area contributed by atoms with E-state index in [0.29, 0.717) is 37.4 Å². The predicted octanol–water partition coefficient (Wildman–Crippen LogP) is 2.13. The van der Waals surface area contributed by atoms with Crippen molar-refractivity contribution in [1.29, 1.82) is 0 Å². The second-order valence-corrected chi connectivity index (χ2v) is 5.31. The lowest BCUT2D eigenvalue weighted by Gasteiger charge is -2.36. The van der Waals surface area contributed by atoms with Gasteiger partial charge in [0, 0.05) is 50.6 Å². The molecule has 1 fully saturated rings. The molecule has 9 heteroatoms. The largest absolute Gasteiger partial charge is 0.573 e. The lowest BCUT2D eigenvalue weighted by atomic mass is 10.1. The van der Waals surface area contributed by atoms with E-state index in [9.17, 15) is 18.0 Å². The first-order valence-corrected chi connectivity index (χ1v) is 7.07. The van der Waals surface area contributed by atoms with Crippen molar-refractivity contribution in [1.82, 2.24) is 15.1 Å². The van der Waals surface area contributed by atoms with Crippen LogP contribution in [0.5, 0.6) is 5.75 Å². The summed E-state index contributed by atoms with van der Waals surface area (Å²) in [4.78, 5) is 15.0. The molecule has 2 heterocycles. The van der Waals surface area contributed by atoms with Gasteiger partial charge in [0.05, 0.1) is 17.4 Å². The number of halogens is 3. The van der Waals surface area contributed by atoms with Gasteiger partial charge in [-0.15, -0.1) is 13.2 Å². The maximum absolute atomic E-state index is 12.5. The Morgan fingerprint density at radius 2 is 1.96 bits per heavy atom. The number of aromatic nitrogens is 2. The highest BCUT2D eigenvalue weighted by atomic mass is 19.4. The number of nitrogens with zero attached hydrogens (tertiary/aromatic N) is 3. The van der Waals surface area contributed by atoms with Gasteiger partial charge in [0.1, 0.15) is 5.75 Å². The minimum Gasteiger partial charge on any atom is -0.406 e. The van der Waals surface area contributed by atoms with Crippen LogP contribution in [0.3, 0.4) is 0 Å². The Hall–Kier alpha value is -2.45. The molecule has 2 aromatic rings. The number of carbonyl (C=O) groups is 1. The number of hydrogen-bond acceptors (Lipinski definition) is 4. The topological polar surface area (TPSA) is 61.5 Å². The van der Waals surface area contributed by atoms with Crippen LogP contribution in [0.15, 0.2) is 18.3 Å². The molecule has 1 aromatic heterocycles. The Morgan fingerprint density at radius 1 is 1.26 bits per heavy atom. The number of piperazine rings is 1. The molecule has 1 saturated heterocycles. The summed E-state index contributed by atoms with van der Waals surface area (Å²) in [6, 6.07) is 2.62. The minimum atomic E-state index is -4.75. The third kappa shape index (κ3) is 3.33. The normalized spacial score (nSPS) is 16.0. The highest BCUT2D eigenvalue weighted by Gasteiger charge is 2.32. The molecule has 6 nitrogen and oxygen atoms in total. The van der Waals surface area contributed by atoms with Crippen molar-refractivity contribution in [3.63, 3.8) is 0 Å². The first-order valence-electron chi connectivity index (χ1n) is 7.07. The van der Waals surface area contributed by atoms with Crippen LogP contribution in [-0.4, -0.2) is 53.5 Å². The third-order valence-corrected chi connectivity index (χ3v) is 3.81. The Labute approximate surface area is 129 Å². The molecule has 3 rings (SSSR count). The van der Waals surface area contributed by atoms with Gasteiger partial charge in [0.15, 0.2) is 0 Å². The van der Waals surface area contributed by atoms with E-state index in [0.717, 1.165) is 5.39 Å². The second kappa shape index (κ2) is 5.64. The fraction of sp³-hybridized carbons (Fsp3) is 0.429. The maximum Gasteiger partial charge on any atom is 0.573 e. The van der Waals surface area contributed by atoms with Crippen molar-refractivity contribution in [2.75, 3.05) is 31.1 Å². The van der Waals surface area contributed by atoms with Crippen LogP contribution in [0.1, 0.15) is 6.92 Å². The van der Waals surface area contributed by atoms with E-state index in [4.69, 9.17) is 0 Å². The highest BCUT2D eigenvalue weighted by molar-refractivity contribution is 5.93. The Bertz CT molecular complexity index is 720. The van der Waals surface area contributed by atoms with Crippen LogP contribution in [0.4, 0.5) is 18.9 Å². The molecule has 0 unspecified atom stereocenters. The van der Waals surface area contributed by atoms with Gasteiger partial charge in [-0.2, -0.15) is 5.10 Å². The number of H-pyrrole nitrogens is 1. The number of nitrogens with one attached hydrogen (secondary N) is 1. The van der Waals surface area contributed by atoms with Gasteiger partial charge in [-0.05, 0) is 0 Å². The summed E-state index contributed by atoms with van der Waals surface area (Å²) in [5.41, 5.74) is 1.08. The van der Waals surface area contributed by atoms with E-state index < -0.39 is 6.36 Å². The van der Waals surface area contributed by atoms with E-state index in [1.807, 2.05) is 4.90 Å². The van der Waals surface area contributed by atoms with Crippen LogP contribution in [0, 0.1) is 0 Å². The lowest BCUT2D eigenvalue weighted by molar-refractivity contribution is -0.274. The number of fused-ring (bicyclic) bond motifs is 1. The summed E-state index contributed by atoms with van der Waals surface area (Å²) >= 11 is 0. The molecule has 0 bridgehead atoms. The Morgan fingerprint density at radius 3 is 2.57 bits per heavy atom. The molecule has 1 aliphatic rings. The molecule has 124 valence electrons. The molecule has 1 amide bonds. The number of anilines is 1. The number of alkyl halides is 3. The molecule has 23 heavy (non-hydrogen) atoms. The Balaban J connectivity index is 1.90. The number of aromatic amines is 1. The zero-order valence-electron chi connectivity index (χ0n) is 12.4. The summed E-state index contributed by atoms with van der Waals surface area (Å²) < 4.78 is 41.5. The van der Waals surface area contributed by atoms with E-state index in [-0.39, 0.29) is 11.7 Å². The van der Waals surface area contributed by atoms with Crippen molar-refractivity contribution >= 4 is 22.5 Å². The average Bonchev–Trinajstić information content (AvgIpc) is 2.93. The van der Waals surface area contributed by atoms with Gasteiger partial charge >= 0.3 is 6.36 Å². The van der Waals surface area contributed by atoms with Crippen LogP contribution in [0.25, 0.3) is 10.9 Å². The van der Waals surface area contributed by atoms with Gasteiger partial charge in [-0.3, -0.25) is 9.89 Å². The van der Waals surface area contributed by atoms with Gasteiger partial charge in [0.2, 0.25) is 5.91 Å². The number of hydrogen-bond donors (Lipinski definition) is 1. The maximum atomic E-state index is 12.5. The number of benzene rings is 1. The van der Waals surface area contributed by atoms with Crippen molar-refractivity contribution in [2.24, 2.45) is 0 Å². The summed E-state index contributed by atoms with van der Waals surface area (Å²) in [5, 5.41) is 7.27. The molecule has 0 aliphatic carbocycles. The van der Waals surface area contributed by atoms with E-state index in [1.54, 1.807) is 11.1 Å². The first kappa shape index (κ1) is 15.4. The van der Waals surface area contributed by atoms with Gasteiger partial charge in [0.25, 0.3) is 0 Å². The van der Waals surface area contributed by atoms with Crippen molar-refractivity contribution in [3.8, 4) is 5.75 Å². The molecule has 1 N–H and O–H groups in total. The van der Waals surface area contributed by atoms with Crippen molar-refractivity contribution < 1.29 is 22.7 Å². The van der Waals surface area contributed by atoms with Gasteiger partial charge < -0.3 is 14.5 Å². The highest BCUT2D eigenvalue weighted by Crippen LogP contribution is 2.34. The summed E-state index contributed by atoms with van der Waals surface area (Å²) in [5.74, 6) is -0.300. The van der Waals surface area contributed by atoms with E-state index in [1.165, 1.54) is 19.1 Å². The molecular weight excluding hydrogens is 313 g/mol. The predicted molar refractivity (Wildman–Crippen MR) is 77.2 cm³/mol. The zero-order valence-corrected chi connectivity index (χ0v) is 12.4. The smallest absolute Gasteiger partial charge is 0.406 e. The fourth-order valence-corrected chi connectivity index (χ4v) is 2.72. The number of ether oxygens (including phenoxy) is 1. The lowest BCUT2D eigenvalue weighted by Crippen LogP contribution is -2.48. The summed E-state index contributed by atoms with van der Waals surface area (Å²) in [6.07, 6.45) is -3.18. The SMILES string of the molecule is CC(=O)N1CCN(c2cc(OC(F)(F)F)cc3[nH]ncc23)CC1. The molecule has 0 spiro atoms. The van der Waals surface area contributed by atoms with Crippen LogP contribution in [0.2, 0.25) is 0 Å². The fourth-order valence-electron chi connectivity index (χ4n) is 2.72. The van der Waals surface area contributed by atoms with E-state index in [2.05, 4.69) is 14.9 Å². The van der Waals surface area contributed by atoms with Crippen LogP contribution < -0.4 is 9.64 Å². The molecule has 0 saturated carbocycles. The average molecular weight is 328 g/mol. The quantitative estimate of drug-likeness (QED) is 0.917. The van der Waals surface area contributed by atoms with Crippen LogP contribution >= 0.6 is 0 Å². The van der Waals surface area contributed by atoms with Gasteiger partial charge in [-0.1, -0.05) is 0 Å². The third-order valence-electron chi connectivity index (χ3n) is 3.81. The van der Waals surface area contributed by atoms with Crippen LogP contribution in [-0.2, 0) is 4.79 Å². The van der Waals surface area contributed by atoms with Crippen molar-refractivity contribution in [2.45, 2.75) is 13.3 Å². The van der Waals surface area contributed by atoms with Gasteiger partial charge in [-0.25, -0.2) is 0 Å². The number of carbonyl (C=O) groups excluding carboxylic acids is 1. The standard InChI is InChI=1S/C14H15F3N4O2/c1-9(22)20-2-4-21(5-3-20)13-7-10(23-14(15,16)17)6-12-11(13)8-18-19-12/h6-8H,2-5H2,1H3,(H,18,19). The summed E-state index contributed by atoms with van der Waals surface area (Å²) in [7, 11) is 0. The first-order chi connectivity index (χ1) is 10.8. The second-order valence-electron chi connectivity index (χ2n) is 5.31. The van der Waals surface area contributed by atoms with Crippen molar-refractivity contribution in [3.05, 3.63) is 18.3 Å². The number of amides is 1. The zero-order chi connectivity index (χ0) is 16.6. The minimum absolute atomic E-state index is 0.00716. The summed E-state index contributed by atoms with van der Waals surface area (Å²) in [6.45, 7) is 3.63.